The van der Waals surface area contributed by atoms with E-state index in [-0.39, 0.29) is 10.7 Å². The fraction of sp³-hybridized carbons (Fsp3) is 0.500. The van der Waals surface area contributed by atoms with Crippen molar-refractivity contribution in [3.63, 3.8) is 0 Å². The molecule has 0 spiro atoms. The lowest BCUT2D eigenvalue weighted by atomic mass is 9.87. The summed E-state index contributed by atoms with van der Waals surface area (Å²) in [5, 5.41) is 8.65. The number of benzene rings is 1. The van der Waals surface area contributed by atoms with Gasteiger partial charge in [0.05, 0.1) is 0 Å². The molecule has 0 heterocycles. The predicted octanol–water partition coefficient (Wildman–Crippen LogP) is 3.94. The molecular formula is C14H20O2S. The fourth-order valence-electron chi connectivity index (χ4n) is 1.51. The molecule has 0 radical (unpaired) electrons. The van der Waals surface area contributed by atoms with Crippen LogP contribution in [-0.4, -0.2) is 16.3 Å². The maximum absolute atomic E-state index is 10.9. The van der Waals surface area contributed by atoms with E-state index in [1.807, 2.05) is 19.1 Å². The van der Waals surface area contributed by atoms with Crippen molar-refractivity contribution in [2.45, 2.75) is 49.7 Å². The van der Waals surface area contributed by atoms with Crippen LogP contribution in [0.1, 0.15) is 39.7 Å². The first-order valence-corrected chi connectivity index (χ1v) is 6.72. The quantitative estimate of drug-likeness (QED) is 0.825. The fourth-order valence-corrected chi connectivity index (χ4v) is 2.40. The molecule has 2 nitrogen and oxygen atoms in total. The summed E-state index contributed by atoms with van der Waals surface area (Å²) < 4.78 is 0. The summed E-state index contributed by atoms with van der Waals surface area (Å²) >= 11 is 1.42. The molecule has 1 atom stereocenters. The molecule has 1 N–H and O–H groups in total. The van der Waals surface area contributed by atoms with Gasteiger partial charge in [-0.2, -0.15) is 0 Å². The zero-order chi connectivity index (χ0) is 13.1. The molecule has 0 amide bonds. The van der Waals surface area contributed by atoms with Crippen molar-refractivity contribution in [2.24, 2.45) is 0 Å². The van der Waals surface area contributed by atoms with Crippen molar-refractivity contribution < 1.29 is 9.90 Å². The van der Waals surface area contributed by atoms with Crippen LogP contribution in [0.15, 0.2) is 29.2 Å². The minimum absolute atomic E-state index is 0.139. The normalized spacial score (nSPS) is 13.4. The summed E-state index contributed by atoms with van der Waals surface area (Å²) in [6.07, 6.45) is 0.640. The number of carboxylic acids is 1. The van der Waals surface area contributed by atoms with Gasteiger partial charge in [0.2, 0.25) is 0 Å². The molecular weight excluding hydrogens is 232 g/mol. The molecule has 1 aromatic rings. The summed E-state index contributed by atoms with van der Waals surface area (Å²) in [5.41, 5.74) is 1.41. The summed E-state index contributed by atoms with van der Waals surface area (Å²) in [4.78, 5) is 12.0. The molecule has 0 aromatic heterocycles. The third-order valence-electron chi connectivity index (χ3n) is 2.64. The van der Waals surface area contributed by atoms with Gasteiger partial charge in [-0.05, 0) is 29.5 Å². The lowest BCUT2D eigenvalue weighted by Crippen LogP contribution is -2.14. The van der Waals surface area contributed by atoms with E-state index in [2.05, 4.69) is 32.9 Å². The molecule has 1 unspecified atom stereocenters. The maximum atomic E-state index is 10.9. The van der Waals surface area contributed by atoms with Gasteiger partial charge in [-0.3, -0.25) is 4.79 Å². The van der Waals surface area contributed by atoms with E-state index >= 15 is 0 Å². The van der Waals surface area contributed by atoms with E-state index in [0.717, 1.165) is 4.90 Å². The summed E-state index contributed by atoms with van der Waals surface area (Å²) in [7, 11) is 0. The third kappa shape index (κ3) is 4.08. The molecule has 94 valence electrons. The first kappa shape index (κ1) is 14.1. The van der Waals surface area contributed by atoms with Crippen LogP contribution >= 0.6 is 11.8 Å². The number of rotatable bonds is 4. The number of hydrogen-bond acceptors (Lipinski definition) is 2. The van der Waals surface area contributed by atoms with Crippen LogP contribution in [0.4, 0.5) is 0 Å². The third-order valence-corrected chi connectivity index (χ3v) is 4.01. The molecule has 0 saturated heterocycles. The van der Waals surface area contributed by atoms with Crippen molar-refractivity contribution in [3.05, 3.63) is 29.8 Å². The topological polar surface area (TPSA) is 37.3 Å². The van der Waals surface area contributed by atoms with Crippen molar-refractivity contribution in [2.75, 3.05) is 0 Å². The van der Waals surface area contributed by atoms with Gasteiger partial charge in [0.25, 0.3) is 0 Å². The zero-order valence-corrected chi connectivity index (χ0v) is 11.7. The standard InChI is InChI=1S/C14H20O2S/c1-5-12(13(15)16)17-11-8-6-10(7-9-11)14(2,3)4/h6-9,12H,5H2,1-4H3,(H,15,16). The van der Waals surface area contributed by atoms with Crippen molar-refractivity contribution in [3.8, 4) is 0 Å². The molecule has 1 rings (SSSR count). The Hall–Kier alpha value is -0.960. The second-order valence-electron chi connectivity index (χ2n) is 5.13. The second-order valence-corrected chi connectivity index (χ2v) is 6.40. The number of aliphatic carboxylic acids is 1. The molecule has 0 aliphatic carbocycles. The van der Waals surface area contributed by atoms with Gasteiger partial charge in [-0.15, -0.1) is 11.8 Å². The van der Waals surface area contributed by atoms with Crippen LogP contribution in [0, 0.1) is 0 Å². The Bertz CT molecular complexity index is 376. The molecule has 17 heavy (non-hydrogen) atoms. The maximum Gasteiger partial charge on any atom is 0.316 e. The highest BCUT2D eigenvalue weighted by atomic mass is 32.2. The van der Waals surface area contributed by atoms with E-state index < -0.39 is 5.97 Å². The van der Waals surface area contributed by atoms with Crippen molar-refractivity contribution in [1.29, 1.82) is 0 Å². The Labute approximate surface area is 107 Å². The lowest BCUT2D eigenvalue weighted by molar-refractivity contribution is -0.136. The van der Waals surface area contributed by atoms with E-state index in [9.17, 15) is 4.79 Å². The monoisotopic (exact) mass is 252 g/mol. The van der Waals surface area contributed by atoms with E-state index in [4.69, 9.17) is 5.11 Å². The Morgan fingerprint density at radius 1 is 1.29 bits per heavy atom. The highest BCUT2D eigenvalue weighted by molar-refractivity contribution is 8.00. The zero-order valence-electron chi connectivity index (χ0n) is 10.9. The molecule has 0 aliphatic rings. The van der Waals surface area contributed by atoms with Crippen molar-refractivity contribution in [1.82, 2.24) is 0 Å². The van der Waals surface area contributed by atoms with Crippen LogP contribution in [0.3, 0.4) is 0 Å². The second kappa shape index (κ2) is 5.58. The number of carbonyl (C=O) groups is 1. The summed E-state index contributed by atoms with van der Waals surface area (Å²) in [6, 6.07) is 8.18. The summed E-state index contributed by atoms with van der Waals surface area (Å²) in [5.74, 6) is -0.739. The van der Waals surface area contributed by atoms with Gasteiger partial charge in [0, 0.05) is 4.90 Å². The average molecular weight is 252 g/mol. The van der Waals surface area contributed by atoms with Gasteiger partial charge < -0.3 is 5.11 Å². The van der Waals surface area contributed by atoms with Gasteiger partial charge in [0.15, 0.2) is 0 Å². The highest BCUT2D eigenvalue weighted by Crippen LogP contribution is 2.28. The number of hydrogen-bond donors (Lipinski definition) is 1. The Kier molecular flexibility index (Phi) is 4.63. The minimum Gasteiger partial charge on any atom is -0.480 e. The van der Waals surface area contributed by atoms with Gasteiger partial charge in [-0.1, -0.05) is 39.8 Å². The van der Waals surface area contributed by atoms with Gasteiger partial charge in [-0.25, -0.2) is 0 Å². The highest BCUT2D eigenvalue weighted by Gasteiger charge is 2.17. The predicted molar refractivity (Wildman–Crippen MR) is 72.7 cm³/mol. The first-order valence-electron chi connectivity index (χ1n) is 5.84. The molecule has 1 aromatic carbocycles. The Morgan fingerprint density at radius 2 is 1.82 bits per heavy atom. The Morgan fingerprint density at radius 3 is 2.18 bits per heavy atom. The minimum atomic E-state index is -0.739. The average Bonchev–Trinajstić information content (AvgIpc) is 2.25. The van der Waals surface area contributed by atoms with E-state index in [1.54, 1.807) is 0 Å². The van der Waals surface area contributed by atoms with Gasteiger partial charge in [0.1, 0.15) is 5.25 Å². The Balaban J connectivity index is 2.78. The SMILES string of the molecule is CCC(Sc1ccc(C(C)(C)C)cc1)C(=O)O. The van der Waals surface area contributed by atoms with Crippen LogP contribution < -0.4 is 0 Å². The number of carboxylic acid groups (broad SMARTS) is 1. The van der Waals surface area contributed by atoms with Crippen LogP contribution in [0.25, 0.3) is 0 Å². The lowest BCUT2D eigenvalue weighted by Gasteiger charge is -2.19. The van der Waals surface area contributed by atoms with Crippen LogP contribution in [0.5, 0.6) is 0 Å². The van der Waals surface area contributed by atoms with Gasteiger partial charge >= 0.3 is 5.97 Å². The van der Waals surface area contributed by atoms with E-state index in [1.165, 1.54) is 17.3 Å². The molecule has 0 saturated carbocycles. The number of thioether (sulfide) groups is 1. The van der Waals surface area contributed by atoms with Crippen LogP contribution in [-0.2, 0) is 10.2 Å². The first-order chi connectivity index (χ1) is 7.84. The van der Waals surface area contributed by atoms with Crippen molar-refractivity contribution >= 4 is 17.7 Å². The molecule has 0 aliphatic heterocycles. The smallest absolute Gasteiger partial charge is 0.316 e. The molecule has 3 heteroatoms. The van der Waals surface area contributed by atoms with E-state index in [0.29, 0.717) is 6.42 Å². The van der Waals surface area contributed by atoms with Crippen LogP contribution in [0.2, 0.25) is 0 Å². The molecule has 0 bridgehead atoms. The molecule has 0 fully saturated rings. The summed E-state index contributed by atoms with van der Waals surface area (Å²) in [6.45, 7) is 8.40. The largest absolute Gasteiger partial charge is 0.480 e.